The van der Waals surface area contributed by atoms with E-state index >= 15 is 0 Å². The van der Waals surface area contributed by atoms with Gasteiger partial charge in [0.05, 0.1) is 11.4 Å². The molecule has 3 aromatic carbocycles. The van der Waals surface area contributed by atoms with Gasteiger partial charge >= 0.3 is 0 Å². The third-order valence-corrected chi connectivity index (χ3v) is 6.74. The summed E-state index contributed by atoms with van der Waals surface area (Å²) < 4.78 is 41.2. The average molecular weight is 461 g/mol. The second-order valence-electron chi connectivity index (χ2n) is 7.22. The summed E-state index contributed by atoms with van der Waals surface area (Å²) in [6.45, 7) is 3.20. The molecule has 3 aromatic rings. The summed E-state index contributed by atoms with van der Waals surface area (Å²) in [6.07, 6.45) is 0. The third kappa shape index (κ3) is 5.91. The van der Waals surface area contributed by atoms with Crippen molar-refractivity contribution in [2.45, 2.75) is 25.3 Å². The molecule has 0 bridgehead atoms. The van der Waals surface area contributed by atoms with Crippen molar-refractivity contribution in [3.05, 3.63) is 94.3 Å². The maximum absolute atomic E-state index is 13.6. The van der Waals surface area contributed by atoms with Crippen molar-refractivity contribution in [3.63, 3.8) is 0 Å². The summed E-state index contributed by atoms with van der Waals surface area (Å²) in [5.74, 6) is -1.06. The monoisotopic (exact) mass is 460 g/mol. The van der Waals surface area contributed by atoms with Crippen LogP contribution >= 0.6 is 11.6 Å². The Balaban J connectivity index is 1.90. The van der Waals surface area contributed by atoms with Gasteiger partial charge in [-0.05, 0) is 61.4 Å². The molecule has 31 heavy (non-hydrogen) atoms. The highest BCUT2D eigenvalue weighted by molar-refractivity contribution is 7.89. The first kappa shape index (κ1) is 22.9. The van der Waals surface area contributed by atoms with E-state index in [-0.39, 0.29) is 11.4 Å². The van der Waals surface area contributed by atoms with E-state index in [4.69, 9.17) is 11.6 Å². The molecule has 0 fully saturated rings. The van der Waals surface area contributed by atoms with Crippen molar-refractivity contribution in [2.24, 2.45) is 0 Å². The highest BCUT2D eigenvalue weighted by atomic mass is 35.5. The number of nitrogens with zero attached hydrogens (tertiary/aromatic N) is 1. The first-order valence-electron chi connectivity index (χ1n) is 9.52. The van der Waals surface area contributed by atoms with Crippen molar-refractivity contribution in [1.29, 1.82) is 0 Å². The Morgan fingerprint density at radius 2 is 1.74 bits per heavy atom. The molecule has 0 unspecified atom stereocenters. The zero-order valence-electron chi connectivity index (χ0n) is 17.1. The molecule has 3 rings (SSSR count). The number of rotatable bonds is 7. The van der Waals surface area contributed by atoms with Gasteiger partial charge in [0, 0.05) is 17.3 Å². The summed E-state index contributed by atoms with van der Waals surface area (Å²) in [7, 11) is -3.99. The van der Waals surface area contributed by atoms with Crippen LogP contribution in [0.5, 0.6) is 0 Å². The highest BCUT2D eigenvalue weighted by Crippen LogP contribution is 2.22. The topological polar surface area (TPSA) is 66.5 Å². The molecule has 0 spiro atoms. The Bertz CT molecular complexity index is 1200. The predicted octanol–water partition coefficient (Wildman–Crippen LogP) is 4.93. The summed E-state index contributed by atoms with van der Waals surface area (Å²) in [5.41, 5.74) is 2.68. The fraction of sp³-hybridized carbons (Fsp3) is 0.174. The van der Waals surface area contributed by atoms with Crippen molar-refractivity contribution >= 4 is 33.2 Å². The van der Waals surface area contributed by atoms with Gasteiger partial charge in [-0.3, -0.25) is 4.79 Å². The van der Waals surface area contributed by atoms with Crippen LogP contribution in [0.15, 0.2) is 71.6 Å². The molecule has 0 aliphatic rings. The second-order valence-corrected chi connectivity index (χ2v) is 9.60. The number of hydrogen-bond donors (Lipinski definition) is 1. The van der Waals surface area contributed by atoms with Crippen LogP contribution in [0.1, 0.15) is 16.7 Å². The van der Waals surface area contributed by atoms with Gasteiger partial charge in [0.1, 0.15) is 5.82 Å². The van der Waals surface area contributed by atoms with E-state index in [0.717, 1.165) is 15.4 Å². The van der Waals surface area contributed by atoms with E-state index < -0.39 is 28.3 Å². The lowest BCUT2D eigenvalue weighted by Gasteiger charge is -2.22. The molecule has 0 aromatic heterocycles. The molecular weight excluding hydrogens is 439 g/mol. The standard InChI is InChI=1S/C23H22ClFN2O3S/c1-16-4-3-5-18(12-16)14-27(31(29,30)21-10-7-19(24)8-11-21)15-23(28)26-22-13-20(25)9-6-17(22)2/h3-13H,14-15H2,1-2H3,(H,26,28). The molecule has 0 saturated heterocycles. The Hall–Kier alpha value is -2.74. The van der Waals surface area contributed by atoms with Gasteiger partial charge in [0.25, 0.3) is 0 Å². The van der Waals surface area contributed by atoms with E-state index in [9.17, 15) is 17.6 Å². The van der Waals surface area contributed by atoms with Crippen LogP contribution in [-0.2, 0) is 21.4 Å². The fourth-order valence-electron chi connectivity index (χ4n) is 3.07. The Morgan fingerprint density at radius 1 is 1.03 bits per heavy atom. The van der Waals surface area contributed by atoms with Crippen LogP contribution in [0.2, 0.25) is 5.02 Å². The number of halogens is 2. The second kappa shape index (κ2) is 9.60. The molecule has 0 saturated carbocycles. The predicted molar refractivity (Wildman–Crippen MR) is 120 cm³/mol. The largest absolute Gasteiger partial charge is 0.325 e. The number of nitrogens with one attached hydrogen (secondary N) is 1. The number of amides is 1. The maximum atomic E-state index is 13.6. The van der Waals surface area contributed by atoms with Gasteiger partial charge in [-0.15, -0.1) is 0 Å². The number of anilines is 1. The van der Waals surface area contributed by atoms with Gasteiger partial charge in [-0.25, -0.2) is 12.8 Å². The molecule has 0 aliphatic carbocycles. The van der Waals surface area contributed by atoms with E-state index in [1.807, 2.05) is 25.1 Å². The molecule has 0 atom stereocenters. The highest BCUT2D eigenvalue weighted by Gasteiger charge is 2.27. The molecule has 162 valence electrons. The Labute approximate surface area is 186 Å². The summed E-state index contributed by atoms with van der Waals surface area (Å²) in [4.78, 5) is 12.7. The lowest BCUT2D eigenvalue weighted by Crippen LogP contribution is -2.37. The minimum absolute atomic E-state index is 0.00218. The molecule has 0 radical (unpaired) electrons. The minimum atomic E-state index is -3.99. The minimum Gasteiger partial charge on any atom is -0.325 e. The fourth-order valence-corrected chi connectivity index (χ4v) is 4.58. The van der Waals surface area contributed by atoms with Crippen LogP contribution in [0.25, 0.3) is 0 Å². The number of benzene rings is 3. The molecule has 5 nitrogen and oxygen atoms in total. The van der Waals surface area contributed by atoms with Crippen LogP contribution in [0.4, 0.5) is 10.1 Å². The summed E-state index contributed by atoms with van der Waals surface area (Å²) in [6, 6.07) is 17.2. The Kier molecular flexibility index (Phi) is 7.10. The van der Waals surface area contributed by atoms with Gasteiger partial charge in [0.2, 0.25) is 15.9 Å². The SMILES string of the molecule is Cc1cccc(CN(CC(=O)Nc2cc(F)ccc2C)S(=O)(=O)c2ccc(Cl)cc2)c1. The normalized spacial score (nSPS) is 11.5. The zero-order chi connectivity index (χ0) is 22.6. The zero-order valence-corrected chi connectivity index (χ0v) is 18.7. The smallest absolute Gasteiger partial charge is 0.243 e. The quantitative estimate of drug-likeness (QED) is 0.544. The lowest BCUT2D eigenvalue weighted by atomic mass is 10.1. The maximum Gasteiger partial charge on any atom is 0.243 e. The van der Waals surface area contributed by atoms with Crippen molar-refractivity contribution in [1.82, 2.24) is 4.31 Å². The first-order chi connectivity index (χ1) is 14.6. The van der Waals surface area contributed by atoms with Gasteiger partial charge in [-0.2, -0.15) is 4.31 Å². The van der Waals surface area contributed by atoms with Crippen LogP contribution in [-0.4, -0.2) is 25.2 Å². The van der Waals surface area contributed by atoms with Gasteiger partial charge in [-0.1, -0.05) is 47.5 Å². The third-order valence-electron chi connectivity index (χ3n) is 4.69. The number of aryl methyl sites for hydroxylation is 2. The Morgan fingerprint density at radius 3 is 2.42 bits per heavy atom. The van der Waals surface area contributed by atoms with Crippen molar-refractivity contribution in [3.8, 4) is 0 Å². The number of carbonyl (C=O) groups is 1. The molecule has 0 heterocycles. The van der Waals surface area contributed by atoms with E-state index in [1.165, 1.54) is 36.4 Å². The molecule has 1 N–H and O–H groups in total. The number of carbonyl (C=O) groups excluding carboxylic acids is 1. The first-order valence-corrected chi connectivity index (χ1v) is 11.3. The van der Waals surface area contributed by atoms with E-state index in [0.29, 0.717) is 16.3 Å². The number of hydrogen-bond acceptors (Lipinski definition) is 3. The van der Waals surface area contributed by atoms with Crippen molar-refractivity contribution < 1.29 is 17.6 Å². The van der Waals surface area contributed by atoms with Crippen LogP contribution in [0.3, 0.4) is 0 Å². The number of sulfonamides is 1. The van der Waals surface area contributed by atoms with Crippen molar-refractivity contribution in [2.75, 3.05) is 11.9 Å². The van der Waals surface area contributed by atoms with Gasteiger partial charge in [0.15, 0.2) is 0 Å². The van der Waals surface area contributed by atoms with E-state index in [2.05, 4.69) is 5.32 Å². The van der Waals surface area contributed by atoms with E-state index in [1.54, 1.807) is 19.1 Å². The van der Waals surface area contributed by atoms with Gasteiger partial charge < -0.3 is 5.32 Å². The van der Waals surface area contributed by atoms with Crippen LogP contribution < -0.4 is 5.32 Å². The lowest BCUT2D eigenvalue weighted by molar-refractivity contribution is -0.116. The molecule has 0 aliphatic heterocycles. The molecule has 8 heteroatoms. The van der Waals surface area contributed by atoms with Crippen LogP contribution in [0, 0.1) is 19.7 Å². The molecular formula is C23H22ClFN2O3S. The summed E-state index contributed by atoms with van der Waals surface area (Å²) in [5, 5.41) is 3.01. The summed E-state index contributed by atoms with van der Waals surface area (Å²) >= 11 is 5.89. The average Bonchev–Trinajstić information content (AvgIpc) is 2.70. The molecule has 1 amide bonds.